The lowest BCUT2D eigenvalue weighted by Crippen LogP contribution is -1.93. The van der Waals surface area contributed by atoms with Gasteiger partial charge in [0.2, 0.25) is 0 Å². The Bertz CT molecular complexity index is 1130. The van der Waals surface area contributed by atoms with Crippen LogP contribution in [0.15, 0.2) is 94.1 Å². The number of rotatable bonds is 0. The summed E-state index contributed by atoms with van der Waals surface area (Å²) in [6.07, 6.45) is 0. The van der Waals surface area contributed by atoms with Crippen LogP contribution in [-0.2, 0) is 0 Å². The molecule has 0 aliphatic rings. The number of para-hydroxylation sites is 3. The number of aromatic nitrogens is 1. The fraction of sp³-hybridized carbons (Fsp3) is 0. The van der Waals surface area contributed by atoms with E-state index in [1.165, 1.54) is 27.9 Å². The van der Waals surface area contributed by atoms with Crippen molar-refractivity contribution in [2.24, 2.45) is 0 Å². The molecule has 0 aliphatic heterocycles. The summed E-state index contributed by atoms with van der Waals surface area (Å²) in [4.78, 5) is 14.1. The fourth-order valence-corrected chi connectivity index (χ4v) is 2.81. The SMILES string of the molecule is O=c1ccc2ccccc2o1.c1ccc2c(c1)[nH]c1ccccc12. The molecule has 2 heterocycles. The molecule has 0 saturated carbocycles. The van der Waals surface area contributed by atoms with E-state index >= 15 is 0 Å². The standard InChI is InChI=1S/C12H9N.C9H6O2/c1-3-7-11-9(5-1)10-6-2-4-8-12(10)13-11;10-9-6-5-7-3-1-2-4-8(7)11-9/h1-8,13H;1-6H. The van der Waals surface area contributed by atoms with Crippen molar-refractivity contribution in [1.82, 2.24) is 4.98 Å². The maximum Gasteiger partial charge on any atom is 0.336 e. The Labute approximate surface area is 138 Å². The smallest absolute Gasteiger partial charge is 0.336 e. The van der Waals surface area contributed by atoms with Gasteiger partial charge in [0.05, 0.1) is 0 Å². The maximum atomic E-state index is 10.7. The average molecular weight is 313 g/mol. The molecule has 2 aromatic heterocycles. The first kappa shape index (κ1) is 14.3. The third-order valence-electron chi connectivity index (χ3n) is 3.94. The van der Waals surface area contributed by atoms with Crippen molar-refractivity contribution in [3.63, 3.8) is 0 Å². The van der Waals surface area contributed by atoms with Crippen LogP contribution in [0, 0.1) is 0 Å². The highest BCUT2D eigenvalue weighted by Gasteiger charge is 2.00. The number of H-pyrrole nitrogens is 1. The lowest BCUT2D eigenvalue weighted by atomic mass is 10.2. The second kappa shape index (κ2) is 6.05. The normalized spacial score (nSPS) is 10.7. The van der Waals surface area contributed by atoms with Crippen LogP contribution >= 0.6 is 0 Å². The first-order valence-electron chi connectivity index (χ1n) is 7.76. The van der Waals surface area contributed by atoms with Crippen molar-refractivity contribution in [2.45, 2.75) is 0 Å². The minimum absolute atomic E-state index is 0.302. The van der Waals surface area contributed by atoms with E-state index in [9.17, 15) is 4.79 Å². The van der Waals surface area contributed by atoms with Crippen LogP contribution in [0.3, 0.4) is 0 Å². The van der Waals surface area contributed by atoms with Gasteiger partial charge in [0.25, 0.3) is 0 Å². The molecule has 0 radical (unpaired) electrons. The van der Waals surface area contributed by atoms with Gasteiger partial charge in [-0.15, -0.1) is 0 Å². The molecule has 0 atom stereocenters. The van der Waals surface area contributed by atoms with Gasteiger partial charge in [-0.1, -0.05) is 54.6 Å². The van der Waals surface area contributed by atoms with E-state index in [4.69, 9.17) is 4.42 Å². The summed E-state index contributed by atoms with van der Waals surface area (Å²) in [7, 11) is 0. The average Bonchev–Trinajstić information content (AvgIpc) is 3.01. The molecule has 5 rings (SSSR count). The third-order valence-corrected chi connectivity index (χ3v) is 3.94. The minimum Gasteiger partial charge on any atom is -0.423 e. The van der Waals surface area contributed by atoms with E-state index in [2.05, 4.69) is 53.5 Å². The van der Waals surface area contributed by atoms with Crippen molar-refractivity contribution in [3.05, 3.63) is 95.3 Å². The number of hydrogen-bond donors (Lipinski definition) is 1. The Balaban J connectivity index is 0.000000123. The molecule has 0 saturated heterocycles. The predicted octanol–water partition coefficient (Wildman–Crippen LogP) is 5.11. The molecule has 3 aromatic carbocycles. The lowest BCUT2D eigenvalue weighted by Gasteiger charge is -1.91. The van der Waals surface area contributed by atoms with Crippen LogP contribution < -0.4 is 5.63 Å². The third kappa shape index (κ3) is 2.68. The highest BCUT2D eigenvalue weighted by Crippen LogP contribution is 2.24. The van der Waals surface area contributed by atoms with Crippen LogP contribution in [-0.4, -0.2) is 4.98 Å². The van der Waals surface area contributed by atoms with Crippen molar-refractivity contribution in [2.75, 3.05) is 0 Å². The Morgan fingerprint density at radius 1 is 0.625 bits per heavy atom. The van der Waals surface area contributed by atoms with Crippen LogP contribution in [0.25, 0.3) is 32.8 Å². The molecule has 0 bridgehead atoms. The fourth-order valence-electron chi connectivity index (χ4n) is 2.81. The summed E-state index contributed by atoms with van der Waals surface area (Å²) in [5.74, 6) is 0. The monoisotopic (exact) mass is 313 g/mol. The minimum atomic E-state index is -0.302. The van der Waals surface area contributed by atoms with Crippen molar-refractivity contribution in [1.29, 1.82) is 0 Å². The zero-order valence-electron chi connectivity index (χ0n) is 12.9. The first-order valence-corrected chi connectivity index (χ1v) is 7.76. The first-order chi connectivity index (χ1) is 11.8. The molecular formula is C21H15NO2. The topological polar surface area (TPSA) is 46.0 Å². The number of fused-ring (bicyclic) bond motifs is 4. The van der Waals surface area contributed by atoms with Gasteiger partial charge in [-0.3, -0.25) is 0 Å². The van der Waals surface area contributed by atoms with Gasteiger partial charge in [0, 0.05) is 33.3 Å². The highest BCUT2D eigenvalue weighted by atomic mass is 16.4. The molecule has 3 nitrogen and oxygen atoms in total. The molecule has 24 heavy (non-hydrogen) atoms. The molecule has 1 N–H and O–H groups in total. The van der Waals surface area contributed by atoms with Crippen molar-refractivity contribution >= 4 is 32.8 Å². The summed E-state index contributed by atoms with van der Waals surface area (Å²) < 4.78 is 4.91. The predicted molar refractivity (Wildman–Crippen MR) is 98.3 cm³/mol. The molecule has 5 aromatic rings. The zero-order chi connectivity index (χ0) is 16.4. The second-order valence-corrected chi connectivity index (χ2v) is 5.51. The molecule has 0 spiro atoms. The van der Waals surface area contributed by atoms with Gasteiger partial charge in [-0.05, 0) is 24.3 Å². The van der Waals surface area contributed by atoms with Gasteiger partial charge in [-0.2, -0.15) is 0 Å². The number of aromatic amines is 1. The van der Waals surface area contributed by atoms with Gasteiger partial charge in [0.15, 0.2) is 0 Å². The van der Waals surface area contributed by atoms with E-state index in [-0.39, 0.29) is 5.63 Å². The summed E-state index contributed by atoms with van der Waals surface area (Å²) >= 11 is 0. The van der Waals surface area contributed by atoms with E-state index < -0.39 is 0 Å². The maximum absolute atomic E-state index is 10.7. The van der Waals surface area contributed by atoms with Crippen molar-refractivity contribution < 1.29 is 4.42 Å². The Morgan fingerprint density at radius 2 is 1.21 bits per heavy atom. The molecule has 0 amide bonds. The number of hydrogen-bond acceptors (Lipinski definition) is 2. The van der Waals surface area contributed by atoms with Gasteiger partial charge >= 0.3 is 5.63 Å². The largest absolute Gasteiger partial charge is 0.423 e. The molecule has 0 unspecified atom stereocenters. The molecule has 0 aliphatic carbocycles. The quantitative estimate of drug-likeness (QED) is 0.404. The second-order valence-electron chi connectivity index (χ2n) is 5.51. The Kier molecular flexibility index (Phi) is 3.60. The van der Waals surface area contributed by atoms with Crippen LogP contribution in [0.2, 0.25) is 0 Å². The number of benzene rings is 3. The lowest BCUT2D eigenvalue weighted by molar-refractivity contribution is 0.561. The molecule has 3 heteroatoms. The van der Waals surface area contributed by atoms with Gasteiger partial charge < -0.3 is 9.40 Å². The Morgan fingerprint density at radius 3 is 1.92 bits per heavy atom. The Hall–Kier alpha value is -3.33. The van der Waals surface area contributed by atoms with E-state index in [1.807, 2.05) is 18.2 Å². The summed E-state index contributed by atoms with van der Waals surface area (Å²) in [6.45, 7) is 0. The van der Waals surface area contributed by atoms with E-state index in [0.29, 0.717) is 5.58 Å². The number of nitrogens with one attached hydrogen (secondary N) is 1. The molecular weight excluding hydrogens is 298 g/mol. The van der Waals surface area contributed by atoms with Crippen LogP contribution in [0.4, 0.5) is 0 Å². The molecule has 0 fully saturated rings. The van der Waals surface area contributed by atoms with Crippen LogP contribution in [0.5, 0.6) is 0 Å². The van der Waals surface area contributed by atoms with Gasteiger partial charge in [0.1, 0.15) is 5.58 Å². The summed E-state index contributed by atoms with van der Waals surface area (Å²) in [5, 5.41) is 3.56. The highest BCUT2D eigenvalue weighted by molar-refractivity contribution is 6.06. The van der Waals surface area contributed by atoms with E-state index in [0.717, 1.165) is 5.39 Å². The zero-order valence-corrected chi connectivity index (χ0v) is 12.9. The summed E-state index contributed by atoms with van der Waals surface area (Å²) in [5.41, 5.74) is 2.76. The van der Waals surface area contributed by atoms with E-state index in [1.54, 1.807) is 12.1 Å². The van der Waals surface area contributed by atoms with Gasteiger partial charge in [-0.25, -0.2) is 4.79 Å². The molecule has 116 valence electrons. The van der Waals surface area contributed by atoms with Crippen molar-refractivity contribution in [3.8, 4) is 0 Å². The van der Waals surface area contributed by atoms with Crippen LogP contribution in [0.1, 0.15) is 0 Å². The summed E-state index contributed by atoms with van der Waals surface area (Å²) in [6, 6.07) is 27.3.